The lowest BCUT2D eigenvalue weighted by molar-refractivity contribution is -0.119. The second-order valence-electron chi connectivity index (χ2n) is 5.88. The topological polar surface area (TPSA) is 29.1 Å². The number of aryl methyl sites for hydroxylation is 2. The highest BCUT2D eigenvalue weighted by Gasteiger charge is 2.12. The van der Waals surface area contributed by atoms with E-state index in [0.717, 1.165) is 11.1 Å². The lowest BCUT2D eigenvalue weighted by Crippen LogP contribution is -2.28. The van der Waals surface area contributed by atoms with Gasteiger partial charge in [0.25, 0.3) is 0 Å². The summed E-state index contributed by atoms with van der Waals surface area (Å²) in [5.74, 6) is 1.10. The minimum Gasteiger partial charge on any atom is -0.349 e. The molecule has 0 aliphatic heterocycles. The normalized spacial score (nSPS) is 12.0. The number of nitrogens with one attached hydrogen (secondary N) is 1. The molecule has 0 spiro atoms. The van der Waals surface area contributed by atoms with E-state index in [2.05, 4.69) is 37.4 Å². The second-order valence-corrected chi connectivity index (χ2v) is 7.71. The molecule has 2 aromatic rings. The third-order valence-corrected chi connectivity index (χ3v) is 5.34. The molecule has 0 saturated heterocycles. The Balaban J connectivity index is 1.84. The van der Waals surface area contributed by atoms with E-state index in [1.807, 2.05) is 19.1 Å². The van der Waals surface area contributed by atoms with Gasteiger partial charge < -0.3 is 5.32 Å². The lowest BCUT2D eigenvalue weighted by Gasteiger charge is -2.17. The molecular weight excluding hydrogens is 361 g/mol. The zero-order valence-electron chi connectivity index (χ0n) is 14.0. The first kappa shape index (κ1) is 19.2. The van der Waals surface area contributed by atoms with Crippen LogP contribution >= 0.6 is 35.0 Å². The van der Waals surface area contributed by atoms with Gasteiger partial charge in [-0.05, 0) is 49.6 Å². The van der Waals surface area contributed by atoms with Crippen molar-refractivity contribution in [3.63, 3.8) is 0 Å². The van der Waals surface area contributed by atoms with Gasteiger partial charge in [-0.3, -0.25) is 4.79 Å². The van der Waals surface area contributed by atoms with E-state index in [0.29, 0.717) is 21.6 Å². The molecule has 1 N–H and O–H groups in total. The maximum absolute atomic E-state index is 12.1. The molecule has 0 aliphatic carbocycles. The predicted molar refractivity (Wildman–Crippen MR) is 105 cm³/mol. The number of halogens is 2. The van der Waals surface area contributed by atoms with Crippen LogP contribution in [-0.2, 0) is 10.5 Å². The summed E-state index contributed by atoms with van der Waals surface area (Å²) < 4.78 is 0. The molecule has 0 radical (unpaired) electrons. The van der Waals surface area contributed by atoms with Crippen LogP contribution in [0.1, 0.15) is 35.2 Å². The van der Waals surface area contributed by atoms with Gasteiger partial charge in [0.1, 0.15) is 0 Å². The van der Waals surface area contributed by atoms with Crippen molar-refractivity contribution in [2.24, 2.45) is 0 Å². The lowest BCUT2D eigenvalue weighted by atomic mass is 10.0. The molecule has 128 valence electrons. The summed E-state index contributed by atoms with van der Waals surface area (Å²) in [4.78, 5) is 12.1. The van der Waals surface area contributed by atoms with E-state index in [1.54, 1.807) is 6.07 Å². The fraction of sp³-hybridized carbons (Fsp3) is 0.316. The SMILES string of the molecule is Cc1ccc([C@H](C)NC(=O)CSCc2ccc(Cl)cc2Cl)c(C)c1. The van der Waals surface area contributed by atoms with Crippen molar-refractivity contribution in [2.75, 3.05) is 5.75 Å². The minimum atomic E-state index is -0.00202. The molecule has 2 nitrogen and oxygen atoms in total. The van der Waals surface area contributed by atoms with E-state index >= 15 is 0 Å². The van der Waals surface area contributed by atoms with E-state index in [-0.39, 0.29) is 11.9 Å². The van der Waals surface area contributed by atoms with Gasteiger partial charge in [0.15, 0.2) is 0 Å². The third kappa shape index (κ3) is 5.44. The number of hydrogen-bond donors (Lipinski definition) is 1. The molecule has 5 heteroatoms. The second kappa shape index (κ2) is 8.80. The third-order valence-electron chi connectivity index (χ3n) is 3.78. The minimum absolute atomic E-state index is 0.00202. The van der Waals surface area contributed by atoms with Gasteiger partial charge in [-0.1, -0.05) is 53.0 Å². The highest BCUT2D eigenvalue weighted by molar-refractivity contribution is 7.99. The Morgan fingerprint density at radius 3 is 2.58 bits per heavy atom. The zero-order valence-corrected chi connectivity index (χ0v) is 16.4. The first-order valence-electron chi connectivity index (χ1n) is 7.75. The molecule has 0 aliphatic rings. The molecular formula is C19H21Cl2NOS. The van der Waals surface area contributed by atoms with E-state index in [9.17, 15) is 4.79 Å². The number of benzene rings is 2. The highest BCUT2D eigenvalue weighted by Crippen LogP contribution is 2.25. The Hall–Kier alpha value is -1.16. The summed E-state index contributed by atoms with van der Waals surface area (Å²) in [6.45, 7) is 6.15. The quantitative estimate of drug-likeness (QED) is 0.692. The Kier molecular flexibility index (Phi) is 7.02. The summed E-state index contributed by atoms with van der Waals surface area (Å²) in [6.07, 6.45) is 0. The van der Waals surface area contributed by atoms with Gasteiger partial charge in [-0.2, -0.15) is 0 Å². The molecule has 2 rings (SSSR count). The van der Waals surface area contributed by atoms with Crippen LogP contribution in [-0.4, -0.2) is 11.7 Å². The van der Waals surface area contributed by atoms with E-state index in [4.69, 9.17) is 23.2 Å². The molecule has 1 amide bonds. The maximum atomic E-state index is 12.1. The fourth-order valence-corrected chi connectivity index (χ4v) is 3.96. The summed E-state index contributed by atoms with van der Waals surface area (Å²) in [7, 11) is 0. The molecule has 0 heterocycles. The van der Waals surface area contributed by atoms with Crippen LogP contribution in [0.3, 0.4) is 0 Å². The smallest absolute Gasteiger partial charge is 0.230 e. The summed E-state index contributed by atoms with van der Waals surface area (Å²) in [5, 5.41) is 4.31. The van der Waals surface area contributed by atoms with Crippen molar-refractivity contribution in [3.8, 4) is 0 Å². The van der Waals surface area contributed by atoms with Gasteiger partial charge in [-0.25, -0.2) is 0 Å². The average molecular weight is 382 g/mol. The zero-order chi connectivity index (χ0) is 17.7. The van der Waals surface area contributed by atoms with Crippen molar-refractivity contribution >= 4 is 40.9 Å². The summed E-state index contributed by atoms with van der Waals surface area (Å²) in [6, 6.07) is 11.7. The van der Waals surface area contributed by atoms with Crippen molar-refractivity contribution in [1.29, 1.82) is 0 Å². The van der Waals surface area contributed by atoms with Crippen LogP contribution in [0.15, 0.2) is 36.4 Å². The van der Waals surface area contributed by atoms with Gasteiger partial charge in [-0.15, -0.1) is 11.8 Å². The molecule has 0 aromatic heterocycles. The number of thioether (sulfide) groups is 1. The van der Waals surface area contributed by atoms with Crippen LogP contribution in [0.2, 0.25) is 10.0 Å². The molecule has 0 bridgehead atoms. The molecule has 0 unspecified atom stereocenters. The molecule has 1 atom stereocenters. The number of carbonyl (C=O) groups excluding carboxylic acids is 1. The monoisotopic (exact) mass is 381 g/mol. The van der Waals surface area contributed by atoms with Gasteiger partial charge >= 0.3 is 0 Å². The Labute approximate surface area is 157 Å². The summed E-state index contributed by atoms with van der Waals surface area (Å²) in [5.41, 5.74) is 4.56. The Morgan fingerprint density at radius 2 is 1.92 bits per heavy atom. The first-order chi connectivity index (χ1) is 11.4. The molecule has 0 fully saturated rings. The Bertz CT molecular complexity index is 733. The number of hydrogen-bond acceptors (Lipinski definition) is 2. The van der Waals surface area contributed by atoms with Gasteiger partial charge in [0.2, 0.25) is 5.91 Å². The maximum Gasteiger partial charge on any atom is 0.230 e. The first-order valence-corrected chi connectivity index (χ1v) is 9.66. The number of carbonyl (C=O) groups is 1. The van der Waals surface area contributed by atoms with Crippen molar-refractivity contribution in [2.45, 2.75) is 32.6 Å². The van der Waals surface area contributed by atoms with Crippen LogP contribution < -0.4 is 5.32 Å². The predicted octanol–water partition coefficient (Wildman–Crippen LogP) is 5.72. The molecule has 2 aromatic carbocycles. The van der Waals surface area contributed by atoms with Crippen molar-refractivity contribution in [3.05, 3.63) is 68.7 Å². The highest BCUT2D eigenvalue weighted by atomic mass is 35.5. The number of amides is 1. The van der Waals surface area contributed by atoms with Crippen molar-refractivity contribution < 1.29 is 4.79 Å². The summed E-state index contributed by atoms with van der Waals surface area (Å²) >= 11 is 13.6. The fourth-order valence-electron chi connectivity index (χ4n) is 2.56. The Morgan fingerprint density at radius 1 is 1.17 bits per heavy atom. The van der Waals surface area contributed by atoms with Crippen LogP contribution in [0.5, 0.6) is 0 Å². The standard InChI is InChI=1S/C19H21Cl2NOS/c1-12-4-7-17(13(2)8-12)14(3)22-19(23)11-24-10-15-5-6-16(20)9-18(15)21/h4-9,14H,10-11H2,1-3H3,(H,22,23)/t14-/m0/s1. The van der Waals surface area contributed by atoms with E-state index < -0.39 is 0 Å². The molecule has 0 saturated carbocycles. The van der Waals surface area contributed by atoms with E-state index in [1.165, 1.54) is 22.9 Å². The van der Waals surface area contributed by atoms with Crippen LogP contribution in [0, 0.1) is 13.8 Å². The average Bonchev–Trinajstić information content (AvgIpc) is 2.49. The van der Waals surface area contributed by atoms with Crippen molar-refractivity contribution in [1.82, 2.24) is 5.32 Å². The largest absolute Gasteiger partial charge is 0.349 e. The van der Waals surface area contributed by atoms with Gasteiger partial charge in [0, 0.05) is 15.8 Å². The van der Waals surface area contributed by atoms with Crippen LogP contribution in [0.4, 0.5) is 0 Å². The number of rotatable bonds is 6. The van der Waals surface area contributed by atoms with Crippen LogP contribution in [0.25, 0.3) is 0 Å². The molecule has 24 heavy (non-hydrogen) atoms. The van der Waals surface area contributed by atoms with Gasteiger partial charge in [0.05, 0.1) is 11.8 Å².